The fourth-order valence-electron chi connectivity index (χ4n) is 2.48. The van der Waals surface area contributed by atoms with Gasteiger partial charge in [0.25, 0.3) is 0 Å². The van der Waals surface area contributed by atoms with Gasteiger partial charge in [0.1, 0.15) is 5.75 Å². The predicted octanol–water partition coefficient (Wildman–Crippen LogP) is 3.49. The van der Waals surface area contributed by atoms with Gasteiger partial charge in [-0.15, -0.1) is 0 Å². The summed E-state index contributed by atoms with van der Waals surface area (Å²) < 4.78 is 5.12. The van der Waals surface area contributed by atoms with E-state index >= 15 is 0 Å². The maximum atomic E-state index is 10.8. The first-order valence-corrected chi connectivity index (χ1v) is 5.81. The average molecular weight is 219 g/mol. The molecule has 1 saturated carbocycles. The minimum Gasteiger partial charge on any atom is -0.497 e. The lowest BCUT2D eigenvalue weighted by Crippen LogP contribution is -2.20. The van der Waals surface area contributed by atoms with Gasteiger partial charge < -0.3 is 4.74 Å². The maximum absolute atomic E-state index is 10.8. The zero-order valence-electron chi connectivity index (χ0n) is 9.56. The van der Waals surface area contributed by atoms with Gasteiger partial charge in [0.2, 0.25) is 0 Å². The van der Waals surface area contributed by atoms with Crippen molar-refractivity contribution in [1.82, 2.24) is 0 Å². The second-order valence-corrected chi connectivity index (χ2v) is 4.34. The molecule has 3 heteroatoms. The molecule has 1 fully saturated rings. The first kappa shape index (κ1) is 11.1. The van der Waals surface area contributed by atoms with Crippen LogP contribution in [0.4, 0.5) is 0 Å². The van der Waals surface area contributed by atoms with Gasteiger partial charge in [0.15, 0.2) is 0 Å². The molecular formula is C13H17NO2. The Bertz CT molecular complexity index is 347. The highest BCUT2D eigenvalue weighted by Gasteiger charge is 2.27. The summed E-state index contributed by atoms with van der Waals surface area (Å²) in [6.07, 6.45) is 4.33. The second kappa shape index (κ2) is 5.10. The molecule has 16 heavy (non-hydrogen) atoms. The van der Waals surface area contributed by atoms with Crippen LogP contribution < -0.4 is 4.74 Å². The van der Waals surface area contributed by atoms with Gasteiger partial charge >= 0.3 is 0 Å². The van der Waals surface area contributed by atoms with Crippen molar-refractivity contribution in [3.63, 3.8) is 0 Å². The molecule has 1 aromatic rings. The summed E-state index contributed by atoms with van der Waals surface area (Å²) in [6.45, 7) is 0. The van der Waals surface area contributed by atoms with E-state index < -0.39 is 0 Å². The van der Waals surface area contributed by atoms with Crippen molar-refractivity contribution in [3.8, 4) is 5.75 Å². The van der Waals surface area contributed by atoms with Gasteiger partial charge in [-0.2, -0.15) is 4.91 Å². The molecule has 1 aliphatic rings. The molecule has 2 atom stereocenters. The molecule has 0 aromatic heterocycles. The van der Waals surface area contributed by atoms with E-state index in [0.29, 0.717) is 5.92 Å². The number of benzene rings is 1. The average Bonchev–Trinajstić information content (AvgIpc) is 2.39. The van der Waals surface area contributed by atoms with Crippen molar-refractivity contribution in [2.75, 3.05) is 7.11 Å². The molecule has 0 bridgehead atoms. The molecule has 2 unspecified atom stereocenters. The summed E-state index contributed by atoms with van der Waals surface area (Å²) >= 11 is 0. The van der Waals surface area contributed by atoms with Crippen LogP contribution in [0.3, 0.4) is 0 Å². The van der Waals surface area contributed by atoms with Gasteiger partial charge in [0.05, 0.1) is 13.2 Å². The molecule has 0 aliphatic heterocycles. The molecule has 0 saturated heterocycles. The third-order valence-electron chi connectivity index (χ3n) is 3.41. The number of hydrogen-bond acceptors (Lipinski definition) is 3. The minimum atomic E-state index is -0.0397. The Balaban J connectivity index is 2.17. The molecule has 0 radical (unpaired) electrons. The van der Waals surface area contributed by atoms with Gasteiger partial charge in [-0.1, -0.05) is 30.2 Å². The zero-order valence-corrected chi connectivity index (χ0v) is 9.56. The lowest BCUT2D eigenvalue weighted by atomic mass is 9.80. The lowest BCUT2D eigenvalue weighted by molar-refractivity contribution is 0.384. The van der Waals surface area contributed by atoms with E-state index in [-0.39, 0.29) is 6.04 Å². The van der Waals surface area contributed by atoms with Crippen LogP contribution in [0.2, 0.25) is 0 Å². The molecule has 1 aromatic carbocycles. The van der Waals surface area contributed by atoms with Crippen LogP contribution in [0, 0.1) is 4.91 Å². The normalized spacial score (nSPS) is 25.1. The molecule has 0 N–H and O–H groups in total. The van der Waals surface area contributed by atoms with Crippen molar-refractivity contribution < 1.29 is 4.74 Å². The summed E-state index contributed by atoms with van der Waals surface area (Å²) in [5, 5.41) is 3.27. The largest absolute Gasteiger partial charge is 0.497 e. The third kappa shape index (κ3) is 2.23. The molecule has 0 amide bonds. The van der Waals surface area contributed by atoms with Crippen LogP contribution in [0.15, 0.2) is 29.4 Å². The third-order valence-corrected chi connectivity index (χ3v) is 3.41. The van der Waals surface area contributed by atoms with Crippen LogP contribution >= 0.6 is 0 Å². The number of nitrogens with zero attached hydrogens (tertiary/aromatic N) is 1. The molecule has 2 rings (SSSR count). The fraction of sp³-hybridized carbons (Fsp3) is 0.538. The molecule has 0 spiro atoms. The Morgan fingerprint density at radius 2 is 1.88 bits per heavy atom. The summed E-state index contributed by atoms with van der Waals surface area (Å²) in [5.74, 6) is 1.16. The van der Waals surface area contributed by atoms with Gasteiger partial charge in [-0.05, 0) is 30.5 Å². The maximum Gasteiger partial charge on any atom is 0.118 e. The van der Waals surface area contributed by atoms with E-state index in [1.165, 1.54) is 12.0 Å². The quantitative estimate of drug-likeness (QED) is 0.730. The Kier molecular flexibility index (Phi) is 3.54. The van der Waals surface area contributed by atoms with Gasteiger partial charge in [-0.25, -0.2) is 0 Å². The predicted molar refractivity (Wildman–Crippen MR) is 63.8 cm³/mol. The number of ether oxygens (including phenoxy) is 1. The highest BCUT2D eigenvalue weighted by Crippen LogP contribution is 2.35. The zero-order chi connectivity index (χ0) is 11.4. The smallest absolute Gasteiger partial charge is 0.118 e. The number of rotatable bonds is 3. The number of methoxy groups -OCH3 is 1. The van der Waals surface area contributed by atoms with E-state index in [4.69, 9.17) is 4.74 Å². The van der Waals surface area contributed by atoms with Gasteiger partial charge in [0, 0.05) is 5.92 Å². The van der Waals surface area contributed by atoms with E-state index in [1.807, 2.05) is 24.3 Å². The topological polar surface area (TPSA) is 38.7 Å². The van der Waals surface area contributed by atoms with Crippen LogP contribution in [-0.2, 0) is 0 Å². The van der Waals surface area contributed by atoms with Gasteiger partial charge in [-0.3, -0.25) is 0 Å². The van der Waals surface area contributed by atoms with Crippen molar-refractivity contribution in [1.29, 1.82) is 0 Å². The summed E-state index contributed by atoms with van der Waals surface area (Å²) in [5.41, 5.74) is 1.21. The summed E-state index contributed by atoms with van der Waals surface area (Å²) in [6, 6.07) is 7.96. The Labute approximate surface area is 95.8 Å². The number of hydrogen-bond donors (Lipinski definition) is 0. The van der Waals surface area contributed by atoms with Crippen molar-refractivity contribution in [2.24, 2.45) is 5.18 Å². The molecule has 0 heterocycles. The summed E-state index contributed by atoms with van der Waals surface area (Å²) in [4.78, 5) is 10.8. The Hall–Kier alpha value is -1.38. The molecule has 3 nitrogen and oxygen atoms in total. The van der Waals surface area contributed by atoms with E-state index in [9.17, 15) is 4.91 Å². The van der Waals surface area contributed by atoms with Crippen molar-refractivity contribution in [3.05, 3.63) is 34.7 Å². The fourth-order valence-corrected chi connectivity index (χ4v) is 2.48. The molecule has 1 aliphatic carbocycles. The Morgan fingerprint density at radius 3 is 2.50 bits per heavy atom. The van der Waals surface area contributed by atoms with Crippen LogP contribution in [-0.4, -0.2) is 13.2 Å². The van der Waals surface area contributed by atoms with E-state index in [2.05, 4.69) is 5.18 Å². The lowest BCUT2D eigenvalue weighted by Gasteiger charge is -2.26. The highest BCUT2D eigenvalue weighted by atomic mass is 16.5. The van der Waals surface area contributed by atoms with Crippen LogP contribution in [0.5, 0.6) is 5.75 Å². The first-order chi connectivity index (χ1) is 7.85. The van der Waals surface area contributed by atoms with E-state index in [0.717, 1.165) is 25.0 Å². The standard InChI is InChI=1S/C13H17NO2/c1-16-11-8-6-10(7-9-11)12-4-2-3-5-13(12)14-15/h6-9,12-13H,2-5H2,1H3. The highest BCUT2D eigenvalue weighted by molar-refractivity contribution is 5.30. The SMILES string of the molecule is COc1ccc(C2CCCCC2N=O)cc1. The minimum absolute atomic E-state index is 0.0397. The van der Waals surface area contributed by atoms with Crippen LogP contribution in [0.25, 0.3) is 0 Å². The van der Waals surface area contributed by atoms with Crippen LogP contribution in [0.1, 0.15) is 37.2 Å². The van der Waals surface area contributed by atoms with E-state index in [1.54, 1.807) is 7.11 Å². The second-order valence-electron chi connectivity index (χ2n) is 4.34. The summed E-state index contributed by atoms with van der Waals surface area (Å²) in [7, 11) is 1.66. The monoisotopic (exact) mass is 219 g/mol. The van der Waals surface area contributed by atoms with Crippen molar-refractivity contribution in [2.45, 2.75) is 37.6 Å². The Morgan fingerprint density at radius 1 is 1.19 bits per heavy atom. The molecular weight excluding hydrogens is 202 g/mol. The first-order valence-electron chi connectivity index (χ1n) is 5.81. The molecule has 86 valence electrons. The number of nitroso groups, excluding NO2 is 1. The van der Waals surface area contributed by atoms with Crippen molar-refractivity contribution >= 4 is 0 Å².